The Bertz CT molecular complexity index is 197. The average Bonchev–Trinajstić information content (AvgIpc) is 2.18. The molecule has 0 bridgehead atoms. The van der Waals surface area contributed by atoms with Gasteiger partial charge in [-0.1, -0.05) is 19.8 Å². The maximum Gasteiger partial charge on any atom is 0.246 e. The number of ether oxygens (including phenoxy) is 1. The fourth-order valence-electron chi connectivity index (χ4n) is 2.08. The van der Waals surface area contributed by atoms with Gasteiger partial charge in [0, 0.05) is 12.6 Å². The van der Waals surface area contributed by atoms with E-state index in [9.17, 15) is 4.79 Å². The highest BCUT2D eigenvalue weighted by Gasteiger charge is 2.20. The smallest absolute Gasteiger partial charge is 0.246 e. The Balaban J connectivity index is 2.13. The number of hydrogen-bond acceptors (Lipinski definition) is 3. The summed E-state index contributed by atoms with van der Waals surface area (Å²) in [7, 11) is 0. The predicted molar refractivity (Wildman–Crippen MR) is 59.4 cm³/mol. The second kappa shape index (κ2) is 6.80. The molecule has 0 saturated heterocycles. The lowest BCUT2D eigenvalue weighted by Gasteiger charge is -2.27. The van der Waals surface area contributed by atoms with Crippen molar-refractivity contribution in [1.82, 2.24) is 5.32 Å². The van der Waals surface area contributed by atoms with Crippen molar-refractivity contribution in [1.29, 1.82) is 0 Å². The summed E-state index contributed by atoms with van der Waals surface area (Å²) in [4.78, 5) is 11.4. The number of amides is 1. The van der Waals surface area contributed by atoms with Gasteiger partial charge in [0.25, 0.3) is 0 Å². The van der Waals surface area contributed by atoms with Crippen LogP contribution in [0, 0.1) is 5.92 Å². The quantitative estimate of drug-likeness (QED) is 0.661. The van der Waals surface area contributed by atoms with Crippen molar-refractivity contribution in [2.75, 3.05) is 19.8 Å². The monoisotopic (exact) mass is 214 g/mol. The zero-order chi connectivity index (χ0) is 11.1. The first kappa shape index (κ1) is 12.5. The Kier molecular flexibility index (Phi) is 5.65. The number of carbonyl (C=O) groups excluding carboxylic acids is 1. The maximum atomic E-state index is 11.4. The molecule has 4 heteroatoms. The fourth-order valence-corrected chi connectivity index (χ4v) is 2.08. The van der Waals surface area contributed by atoms with E-state index in [1.165, 1.54) is 12.8 Å². The molecule has 2 atom stereocenters. The minimum Gasteiger partial charge on any atom is -0.370 e. The van der Waals surface area contributed by atoms with Gasteiger partial charge in [-0.2, -0.15) is 0 Å². The molecule has 0 aromatic heterocycles. The molecule has 2 unspecified atom stereocenters. The Labute approximate surface area is 91.5 Å². The largest absolute Gasteiger partial charge is 0.370 e. The Morgan fingerprint density at radius 2 is 2.33 bits per heavy atom. The van der Waals surface area contributed by atoms with Gasteiger partial charge in [-0.15, -0.1) is 0 Å². The number of hydrogen-bond donors (Lipinski definition) is 2. The fraction of sp³-hybridized carbons (Fsp3) is 0.909. The zero-order valence-corrected chi connectivity index (χ0v) is 9.50. The molecule has 1 fully saturated rings. The molecule has 4 nitrogen and oxygen atoms in total. The molecule has 1 aliphatic rings. The molecule has 3 N–H and O–H groups in total. The van der Waals surface area contributed by atoms with Gasteiger partial charge in [-0.3, -0.25) is 4.79 Å². The summed E-state index contributed by atoms with van der Waals surface area (Å²) >= 11 is 0. The van der Waals surface area contributed by atoms with Crippen LogP contribution in [0.5, 0.6) is 0 Å². The first-order chi connectivity index (χ1) is 7.22. The Morgan fingerprint density at radius 1 is 1.53 bits per heavy atom. The van der Waals surface area contributed by atoms with Crippen LogP contribution in [0.1, 0.15) is 32.6 Å². The molecule has 1 aliphatic carbocycles. The molecule has 1 amide bonds. The molecule has 0 heterocycles. The third kappa shape index (κ3) is 5.14. The van der Waals surface area contributed by atoms with Crippen LogP contribution in [-0.4, -0.2) is 31.7 Å². The van der Waals surface area contributed by atoms with E-state index in [2.05, 4.69) is 12.2 Å². The number of nitrogens with two attached hydrogens (primary N) is 1. The van der Waals surface area contributed by atoms with Crippen LogP contribution >= 0.6 is 0 Å². The summed E-state index contributed by atoms with van der Waals surface area (Å²) < 4.78 is 5.08. The first-order valence-electron chi connectivity index (χ1n) is 5.79. The average molecular weight is 214 g/mol. The molecular formula is C11H22N2O2. The van der Waals surface area contributed by atoms with Gasteiger partial charge in [-0.25, -0.2) is 0 Å². The van der Waals surface area contributed by atoms with E-state index in [0.29, 0.717) is 19.2 Å². The van der Waals surface area contributed by atoms with Crippen molar-refractivity contribution in [3.05, 3.63) is 0 Å². The molecule has 1 saturated carbocycles. The SMILES string of the molecule is CC1CCCC(NC(=O)COCCN)C1. The van der Waals surface area contributed by atoms with E-state index in [4.69, 9.17) is 10.5 Å². The lowest BCUT2D eigenvalue weighted by Crippen LogP contribution is -2.40. The van der Waals surface area contributed by atoms with E-state index >= 15 is 0 Å². The van der Waals surface area contributed by atoms with Crippen molar-refractivity contribution in [3.63, 3.8) is 0 Å². The molecule has 0 aromatic carbocycles. The summed E-state index contributed by atoms with van der Waals surface area (Å²) in [5, 5.41) is 3.00. The van der Waals surface area contributed by atoms with Crippen molar-refractivity contribution in [3.8, 4) is 0 Å². The van der Waals surface area contributed by atoms with Gasteiger partial charge >= 0.3 is 0 Å². The summed E-state index contributed by atoms with van der Waals surface area (Å²) in [6.45, 7) is 3.30. The number of carbonyl (C=O) groups is 1. The van der Waals surface area contributed by atoms with Crippen LogP contribution in [0.3, 0.4) is 0 Å². The molecule has 1 rings (SSSR count). The summed E-state index contributed by atoms with van der Waals surface area (Å²) in [6, 6.07) is 0.350. The van der Waals surface area contributed by atoms with E-state index in [1.54, 1.807) is 0 Å². The summed E-state index contributed by atoms with van der Waals surface area (Å²) in [5.41, 5.74) is 5.26. The maximum absolute atomic E-state index is 11.4. The highest BCUT2D eigenvalue weighted by atomic mass is 16.5. The summed E-state index contributed by atoms with van der Waals surface area (Å²) in [6.07, 6.45) is 4.71. The standard InChI is InChI=1S/C11H22N2O2/c1-9-3-2-4-10(7-9)13-11(14)8-15-6-5-12/h9-10H,2-8,12H2,1H3,(H,13,14). The van der Waals surface area contributed by atoms with Crippen LogP contribution < -0.4 is 11.1 Å². The summed E-state index contributed by atoms with van der Waals surface area (Å²) in [5.74, 6) is 0.719. The van der Waals surface area contributed by atoms with Gasteiger partial charge in [0.05, 0.1) is 6.61 Å². The third-order valence-electron chi connectivity index (χ3n) is 2.80. The van der Waals surface area contributed by atoms with Crippen LogP contribution in [-0.2, 0) is 9.53 Å². The van der Waals surface area contributed by atoms with Gasteiger partial charge in [0.15, 0.2) is 0 Å². The van der Waals surface area contributed by atoms with Crippen LogP contribution in [0.15, 0.2) is 0 Å². The second-order valence-corrected chi connectivity index (χ2v) is 4.38. The lowest BCUT2D eigenvalue weighted by atomic mass is 9.87. The van der Waals surface area contributed by atoms with Crippen LogP contribution in [0.2, 0.25) is 0 Å². The molecule has 15 heavy (non-hydrogen) atoms. The van der Waals surface area contributed by atoms with E-state index in [0.717, 1.165) is 18.8 Å². The minimum atomic E-state index is -0.0115. The van der Waals surface area contributed by atoms with Gasteiger partial charge in [-0.05, 0) is 18.8 Å². The number of rotatable bonds is 5. The van der Waals surface area contributed by atoms with Crippen LogP contribution in [0.25, 0.3) is 0 Å². The van der Waals surface area contributed by atoms with E-state index < -0.39 is 0 Å². The van der Waals surface area contributed by atoms with Crippen molar-refractivity contribution < 1.29 is 9.53 Å². The van der Waals surface area contributed by atoms with Gasteiger partial charge < -0.3 is 15.8 Å². The van der Waals surface area contributed by atoms with Gasteiger partial charge in [0.1, 0.15) is 6.61 Å². The zero-order valence-electron chi connectivity index (χ0n) is 9.50. The van der Waals surface area contributed by atoms with Crippen LogP contribution in [0.4, 0.5) is 0 Å². The molecule has 0 aliphatic heterocycles. The third-order valence-corrected chi connectivity index (χ3v) is 2.80. The number of nitrogens with one attached hydrogen (secondary N) is 1. The van der Waals surface area contributed by atoms with Gasteiger partial charge in [0.2, 0.25) is 5.91 Å². The topological polar surface area (TPSA) is 64.3 Å². The Hall–Kier alpha value is -0.610. The lowest BCUT2D eigenvalue weighted by molar-refractivity contribution is -0.126. The predicted octanol–water partition coefficient (Wildman–Crippen LogP) is 0.657. The molecular weight excluding hydrogens is 192 g/mol. The molecule has 88 valence electrons. The Morgan fingerprint density at radius 3 is 3.00 bits per heavy atom. The first-order valence-corrected chi connectivity index (χ1v) is 5.79. The molecule has 0 aromatic rings. The van der Waals surface area contributed by atoms with Crippen molar-refractivity contribution in [2.45, 2.75) is 38.6 Å². The normalized spacial score (nSPS) is 26.3. The highest BCUT2D eigenvalue weighted by Crippen LogP contribution is 2.23. The molecule has 0 spiro atoms. The van der Waals surface area contributed by atoms with Crippen molar-refractivity contribution >= 4 is 5.91 Å². The minimum absolute atomic E-state index is 0.0115. The van der Waals surface area contributed by atoms with E-state index in [1.807, 2.05) is 0 Å². The highest BCUT2D eigenvalue weighted by molar-refractivity contribution is 5.77. The van der Waals surface area contributed by atoms with E-state index in [-0.39, 0.29) is 12.5 Å². The molecule has 0 radical (unpaired) electrons. The second-order valence-electron chi connectivity index (χ2n) is 4.38. The van der Waals surface area contributed by atoms with Crippen molar-refractivity contribution in [2.24, 2.45) is 11.7 Å².